The molecule has 2 saturated heterocycles. The topological polar surface area (TPSA) is 109 Å². The number of aromatic nitrogens is 1. The molecule has 8 heteroatoms. The van der Waals surface area contributed by atoms with Crippen LogP contribution < -0.4 is 16.4 Å². The van der Waals surface area contributed by atoms with Crippen LogP contribution >= 0.6 is 0 Å². The van der Waals surface area contributed by atoms with Gasteiger partial charge in [-0.3, -0.25) is 9.36 Å². The van der Waals surface area contributed by atoms with Crippen LogP contribution in [0.1, 0.15) is 18.4 Å². The van der Waals surface area contributed by atoms with E-state index in [2.05, 4.69) is 16.7 Å². The van der Waals surface area contributed by atoms with Crippen LogP contribution in [-0.2, 0) is 23.0 Å². The van der Waals surface area contributed by atoms with Gasteiger partial charge in [0.05, 0.1) is 30.7 Å². The number of carbonyl (C=O) groups excluding carboxylic acids is 1. The fourth-order valence-electron chi connectivity index (χ4n) is 4.96. The van der Waals surface area contributed by atoms with Crippen LogP contribution in [-0.4, -0.2) is 42.8 Å². The molecule has 0 saturated carbocycles. The van der Waals surface area contributed by atoms with Gasteiger partial charge in [-0.15, -0.1) is 0 Å². The molecule has 0 radical (unpaired) electrons. The number of ether oxygens (including phenoxy) is 1. The molecule has 34 heavy (non-hydrogen) atoms. The maximum absolute atomic E-state index is 12.9. The van der Waals surface area contributed by atoms with Crippen molar-refractivity contribution in [3.8, 4) is 17.2 Å². The lowest BCUT2D eigenvalue weighted by Gasteiger charge is -2.42. The van der Waals surface area contributed by atoms with E-state index in [-0.39, 0.29) is 23.0 Å². The third-order valence-corrected chi connectivity index (χ3v) is 7.08. The lowest BCUT2D eigenvalue weighted by Crippen LogP contribution is -2.47. The summed E-state index contributed by atoms with van der Waals surface area (Å²) in [6.07, 6.45) is 2.26. The predicted molar refractivity (Wildman–Crippen MR) is 127 cm³/mol. The van der Waals surface area contributed by atoms with Crippen LogP contribution in [0, 0.1) is 22.7 Å². The number of benzene rings is 2. The number of carbonyl (C=O) groups is 1. The van der Waals surface area contributed by atoms with E-state index in [1.54, 1.807) is 13.1 Å². The normalized spacial score (nSPS) is 20.3. The minimum atomic E-state index is -0.591. The zero-order chi connectivity index (χ0) is 23.7. The first-order chi connectivity index (χ1) is 16.5. The summed E-state index contributed by atoms with van der Waals surface area (Å²) in [6.45, 7) is 2.96. The number of fused-ring (bicyclic) bond motifs is 1. The molecule has 8 nitrogen and oxygen atoms in total. The van der Waals surface area contributed by atoms with Crippen molar-refractivity contribution in [1.82, 2.24) is 15.2 Å². The molecule has 0 aliphatic carbocycles. The number of amides is 1. The second kappa shape index (κ2) is 9.09. The molecule has 0 bridgehead atoms. The van der Waals surface area contributed by atoms with Crippen LogP contribution in [0.25, 0.3) is 22.2 Å². The molecule has 1 aromatic heterocycles. The standard InChI is InChI=1S/C26H28N4O4/c1-30-22-11-19(6-7-23(22)34-25(30)32)18-4-2-17(3-5-18)10-21(13-27)29-24(31)20-12-26(15-33-16-26)8-9-28-14-20/h2-7,11,20-21,28H,8-10,12,14-16H2,1H3,(H,29,31)/t20?,21-/m0/s1. The second-order valence-electron chi connectivity index (χ2n) is 9.55. The molecule has 176 valence electrons. The Morgan fingerprint density at radius 3 is 2.74 bits per heavy atom. The summed E-state index contributed by atoms with van der Waals surface area (Å²) in [4.78, 5) is 24.7. The Bertz CT molecular complexity index is 1300. The molecule has 1 unspecified atom stereocenters. The first-order valence-electron chi connectivity index (χ1n) is 11.6. The van der Waals surface area contributed by atoms with Gasteiger partial charge in [-0.2, -0.15) is 5.26 Å². The summed E-state index contributed by atoms with van der Waals surface area (Å²) in [5.74, 6) is -0.607. The predicted octanol–water partition coefficient (Wildman–Crippen LogP) is 2.37. The van der Waals surface area contributed by atoms with E-state index in [4.69, 9.17) is 9.15 Å². The van der Waals surface area contributed by atoms with Crippen LogP contribution in [0.3, 0.4) is 0 Å². The van der Waals surface area contributed by atoms with Gasteiger partial charge in [0, 0.05) is 25.4 Å². The van der Waals surface area contributed by atoms with Crippen LogP contribution in [0.15, 0.2) is 51.7 Å². The highest BCUT2D eigenvalue weighted by Gasteiger charge is 2.43. The minimum absolute atomic E-state index is 0.0668. The molecule has 2 N–H and O–H groups in total. The lowest BCUT2D eigenvalue weighted by molar-refractivity contribution is -0.138. The highest BCUT2D eigenvalue weighted by atomic mass is 16.5. The quantitative estimate of drug-likeness (QED) is 0.605. The van der Waals surface area contributed by atoms with Crippen LogP contribution in [0.2, 0.25) is 0 Å². The van der Waals surface area contributed by atoms with E-state index < -0.39 is 6.04 Å². The Labute approximate surface area is 197 Å². The Hall–Kier alpha value is -3.41. The fraction of sp³-hybridized carbons (Fsp3) is 0.423. The molecule has 3 heterocycles. The van der Waals surface area contributed by atoms with E-state index >= 15 is 0 Å². The number of rotatable bonds is 5. The average molecular weight is 461 g/mol. The van der Waals surface area contributed by atoms with Crippen molar-refractivity contribution < 1.29 is 13.9 Å². The molecule has 2 aliphatic heterocycles. The fourth-order valence-corrected chi connectivity index (χ4v) is 4.96. The van der Waals surface area contributed by atoms with Crippen molar-refractivity contribution in [3.05, 3.63) is 58.6 Å². The van der Waals surface area contributed by atoms with Gasteiger partial charge in [-0.05, 0) is 48.2 Å². The van der Waals surface area contributed by atoms with Gasteiger partial charge in [-0.25, -0.2) is 4.79 Å². The third-order valence-electron chi connectivity index (χ3n) is 7.08. The number of oxazole rings is 1. The van der Waals surface area contributed by atoms with Crippen molar-refractivity contribution in [2.75, 3.05) is 26.3 Å². The summed E-state index contributed by atoms with van der Waals surface area (Å²) >= 11 is 0. The SMILES string of the molecule is Cn1c(=O)oc2ccc(-c3ccc(C[C@@H](C#N)NC(=O)C4CNCCC5(COC5)C4)cc3)cc21. The Kier molecular flexibility index (Phi) is 5.98. The van der Waals surface area contributed by atoms with Gasteiger partial charge in [-0.1, -0.05) is 30.3 Å². The number of hydrogen-bond donors (Lipinski definition) is 2. The zero-order valence-electron chi connectivity index (χ0n) is 19.2. The highest BCUT2D eigenvalue weighted by molar-refractivity contribution is 5.81. The van der Waals surface area contributed by atoms with Gasteiger partial charge >= 0.3 is 5.76 Å². The Balaban J connectivity index is 1.24. The number of nitrogens with zero attached hydrogens (tertiary/aromatic N) is 2. The molecular formula is C26H28N4O4. The van der Waals surface area contributed by atoms with E-state index in [1.165, 1.54) is 4.57 Å². The summed E-state index contributed by atoms with van der Waals surface area (Å²) in [7, 11) is 1.68. The van der Waals surface area contributed by atoms with Gasteiger partial charge in [0.15, 0.2) is 5.58 Å². The molecule has 2 atom stereocenters. The number of hydrogen-bond acceptors (Lipinski definition) is 6. The molecule has 2 aromatic carbocycles. The zero-order valence-corrected chi connectivity index (χ0v) is 19.2. The Morgan fingerprint density at radius 2 is 2.03 bits per heavy atom. The Morgan fingerprint density at radius 1 is 1.26 bits per heavy atom. The first kappa shape index (κ1) is 22.4. The first-order valence-corrected chi connectivity index (χ1v) is 11.6. The maximum Gasteiger partial charge on any atom is 0.419 e. The monoisotopic (exact) mass is 460 g/mol. The third kappa shape index (κ3) is 4.37. The number of nitrogens with one attached hydrogen (secondary N) is 2. The van der Waals surface area contributed by atoms with E-state index in [9.17, 15) is 14.9 Å². The van der Waals surface area contributed by atoms with Crippen molar-refractivity contribution in [2.24, 2.45) is 18.4 Å². The van der Waals surface area contributed by atoms with Gasteiger partial charge in [0.25, 0.3) is 0 Å². The lowest BCUT2D eigenvalue weighted by atomic mass is 9.75. The van der Waals surface area contributed by atoms with Crippen molar-refractivity contribution in [2.45, 2.75) is 25.3 Å². The molecular weight excluding hydrogens is 432 g/mol. The summed E-state index contributed by atoms with van der Waals surface area (Å²) in [5.41, 5.74) is 4.33. The number of nitriles is 1. The molecule has 5 rings (SSSR count). The molecule has 1 amide bonds. The number of aryl methyl sites for hydroxylation is 1. The maximum atomic E-state index is 12.9. The van der Waals surface area contributed by atoms with E-state index in [0.29, 0.717) is 18.5 Å². The molecule has 1 spiro atoms. The van der Waals surface area contributed by atoms with Crippen LogP contribution in [0.4, 0.5) is 0 Å². The summed E-state index contributed by atoms with van der Waals surface area (Å²) < 4.78 is 12.1. The van der Waals surface area contributed by atoms with Crippen molar-refractivity contribution in [3.63, 3.8) is 0 Å². The van der Waals surface area contributed by atoms with Crippen LogP contribution in [0.5, 0.6) is 0 Å². The second-order valence-corrected chi connectivity index (χ2v) is 9.55. The van der Waals surface area contributed by atoms with Crippen molar-refractivity contribution >= 4 is 17.0 Å². The summed E-state index contributed by atoms with van der Waals surface area (Å²) in [6, 6.07) is 15.2. The largest absolute Gasteiger partial charge is 0.419 e. The van der Waals surface area contributed by atoms with Gasteiger partial charge in [0.1, 0.15) is 6.04 Å². The highest BCUT2D eigenvalue weighted by Crippen LogP contribution is 2.39. The van der Waals surface area contributed by atoms with Gasteiger partial charge in [0.2, 0.25) is 5.91 Å². The minimum Gasteiger partial charge on any atom is -0.408 e. The summed E-state index contributed by atoms with van der Waals surface area (Å²) in [5, 5.41) is 16.0. The van der Waals surface area contributed by atoms with Crippen molar-refractivity contribution in [1.29, 1.82) is 5.26 Å². The molecule has 3 aromatic rings. The van der Waals surface area contributed by atoms with Gasteiger partial charge < -0.3 is 19.8 Å². The average Bonchev–Trinajstić information content (AvgIpc) is 2.99. The molecule has 2 fully saturated rings. The van der Waals surface area contributed by atoms with E-state index in [0.717, 1.165) is 54.8 Å². The van der Waals surface area contributed by atoms with E-state index in [1.807, 2.05) is 36.4 Å². The smallest absolute Gasteiger partial charge is 0.408 e. The molecule has 2 aliphatic rings.